The fourth-order valence-electron chi connectivity index (χ4n) is 5.75. The topological polar surface area (TPSA) is 60.8 Å². The van der Waals surface area contributed by atoms with Gasteiger partial charge in [0.05, 0.1) is 18.8 Å². The van der Waals surface area contributed by atoms with E-state index < -0.39 is 0 Å². The first-order valence-electron chi connectivity index (χ1n) is 12.9. The van der Waals surface area contributed by atoms with Crippen LogP contribution >= 0.6 is 0 Å². The third-order valence-corrected chi connectivity index (χ3v) is 7.63. The molecule has 2 aliphatic heterocycles. The molecule has 0 bridgehead atoms. The minimum absolute atomic E-state index is 0.00253. The fourth-order valence-corrected chi connectivity index (χ4v) is 5.75. The number of hydrogen-bond acceptors (Lipinski definition) is 5. The number of benzene rings is 2. The highest BCUT2D eigenvalue weighted by Crippen LogP contribution is 2.51. The fraction of sp³-hybridized carbons (Fsp3) is 0.414. The number of anilines is 1. The van der Waals surface area contributed by atoms with Crippen LogP contribution in [0.3, 0.4) is 0 Å². The molecule has 0 spiro atoms. The van der Waals surface area contributed by atoms with Gasteiger partial charge < -0.3 is 20.0 Å². The van der Waals surface area contributed by atoms with Crippen molar-refractivity contribution in [3.8, 4) is 0 Å². The summed E-state index contributed by atoms with van der Waals surface area (Å²) in [5.41, 5.74) is 4.37. The van der Waals surface area contributed by atoms with Crippen LogP contribution in [0.4, 0.5) is 5.69 Å². The van der Waals surface area contributed by atoms with Gasteiger partial charge in [-0.05, 0) is 67.5 Å². The summed E-state index contributed by atoms with van der Waals surface area (Å²) in [5, 5.41) is 6.93. The number of nitrogens with zero attached hydrogens (tertiary/aromatic N) is 2. The van der Waals surface area contributed by atoms with Crippen molar-refractivity contribution in [2.75, 3.05) is 38.0 Å². The van der Waals surface area contributed by atoms with Crippen LogP contribution in [0.5, 0.6) is 0 Å². The van der Waals surface area contributed by atoms with E-state index in [0.717, 1.165) is 56.2 Å². The molecule has 35 heavy (non-hydrogen) atoms. The zero-order valence-electron chi connectivity index (χ0n) is 20.7. The van der Waals surface area contributed by atoms with E-state index in [9.17, 15) is 4.79 Å². The van der Waals surface area contributed by atoms with Crippen molar-refractivity contribution in [1.82, 2.24) is 15.1 Å². The van der Waals surface area contributed by atoms with E-state index in [1.807, 2.05) is 18.2 Å². The summed E-state index contributed by atoms with van der Waals surface area (Å²) in [6, 6.07) is 21.3. The molecule has 0 aliphatic carbocycles. The van der Waals surface area contributed by atoms with E-state index in [1.54, 1.807) is 6.26 Å². The maximum atomic E-state index is 13.0. The number of rotatable bonds is 9. The molecule has 1 amide bonds. The Kier molecular flexibility index (Phi) is 7.21. The zero-order valence-corrected chi connectivity index (χ0v) is 20.7. The lowest BCUT2D eigenvalue weighted by molar-refractivity contribution is 0.0948. The smallest absolute Gasteiger partial charge is 0.251 e. The molecule has 0 saturated carbocycles. The number of fused-ring (bicyclic) bond motifs is 3. The van der Waals surface area contributed by atoms with Gasteiger partial charge in [0.2, 0.25) is 0 Å². The van der Waals surface area contributed by atoms with E-state index >= 15 is 0 Å². The van der Waals surface area contributed by atoms with Crippen molar-refractivity contribution in [1.29, 1.82) is 0 Å². The van der Waals surface area contributed by atoms with Gasteiger partial charge in [-0.3, -0.25) is 9.69 Å². The zero-order chi connectivity index (χ0) is 24.2. The summed E-state index contributed by atoms with van der Waals surface area (Å²) in [7, 11) is 0. The van der Waals surface area contributed by atoms with Crippen LogP contribution in [0.15, 0.2) is 71.3 Å². The SMILES string of the molecule is CCN(CC)CCNC(=O)c1ccc2c(c1)C1C(CCN1Cc1ccco1)C(c1ccccc1)N2. The van der Waals surface area contributed by atoms with Crippen molar-refractivity contribution in [2.45, 2.75) is 38.9 Å². The first-order valence-corrected chi connectivity index (χ1v) is 12.9. The largest absolute Gasteiger partial charge is 0.468 e. The molecule has 0 radical (unpaired) electrons. The number of hydrogen-bond donors (Lipinski definition) is 2. The number of carbonyl (C=O) groups excluding carboxylic acids is 1. The first-order chi connectivity index (χ1) is 17.2. The summed E-state index contributed by atoms with van der Waals surface area (Å²) in [4.78, 5) is 17.9. The summed E-state index contributed by atoms with van der Waals surface area (Å²) in [6.07, 6.45) is 2.84. The molecule has 3 heterocycles. The van der Waals surface area contributed by atoms with Gasteiger partial charge >= 0.3 is 0 Å². The van der Waals surface area contributed by atoms with Crippen LogP contribution in [-0.2, 0) is 6.54 Å². The molecular weight excluding hydrogens is 436 g/mol. The highest BCUT2D eigenvalue weighted by atomic mass is 16.3. The van der Waals surface area contributed by atoms with Crippen LogP contribution < -0.4 is 10.6 Å². The summed E-state index contributed by atoms with van der Waals surface area (Å²) >= 11 is 0. The average molecular weight is 473 g/mol. The molecule has 6 nitrogen and oxygen atoms in total. The number of nitrogens with one attached hydrogen (secondary N) is 2. The normalized spacial score (nSPS) is 21.4. The highest BCUT2D eigenvalue weighted by molar-refractivity contribution is 5.95. The quantitative estimate of drug-likeness (QED) is 0.455. The Bertz CT molecular complexity index is 1110. The average Bonchev–Trinajstić information content (AvgIpc) is 3.57. The molecule has 6 heteroatoms. The number of likely N-dealkylation sites (tertiary alicyclic amines) is 1. The minimum atomic E-state index is -0.00253. The van der Waals surface area contributed by atoms with E-state index in [-0.39, 0.29) is 18.0 Å². The Balaban J connectivity index is 1.42. The van der Waals surface area contributed by atoms with Crippen molar-refractivity contribution >= 4 is 11.6 Å². The van der Waals surface area contributed by atoms with Gasteiger partial charge in [-0.1, -0.05) is 44.2 Å². The maximum Gasteiger partial charge on any atom is 0.251 e. The van der Waals surface area contributed by atoms with Gasteiger partial charge in [0.1, 0.15) is 5.76 Å². The lowest BCUT2D eigenvalue weighted by Crippen LogP contribution is -2.36. The van der Waals surface area contributed by atoms with E-state index in [4.69, 9.17) is 4.42 Å². The lowest BCUT2D eigenvalue weighted by atomic mass is 9.79. The van der Waals surface area contributed by atoms with Crippen LogP contribution in [0.2, 0.25) is 0 Å². The van der Waals surface area contributed by atoms with Gasteiger partial charge in [0.15, 0.2) is 0 Å². The van der Waals surface area contributed by atoms with Gasteiger partial charge in [-0.15, -0.1) is 0 Å². The van der Waals surface area contributed by atoms with Gasteiger partial charge in [0.25, 0.3) is 5.91 Å². The molecule has 3 unspecified atom stereocenters. The van der Waals surface area contributed by atoms with Crippen LogP contribution in [0, 0.1) is 5.92 Å². The number of likely N-dealkylation sites (N-methyl/N-ethyl adjacent to an activating group) is 1. The standard InChI is InChI=1S/C29H36N4O2/c1-3-32(4-2)17-15-30-29(34)22-12-13-26-25(19-22)28-24(27(31-26)21-9-6-5-7-10-21)14-16-33(28)20-23-11-8-18-35-23/h5-13,18-19,24,27-28,31H,3-4,14-17,20H2,1-2H3,(H,30,34). The van der Waals surface area contributed by atoms with Crippen molar-refractivity contribution < 1.29 is 9.21 Å². The van der Waals surface area contributed by atoms with Gasteiger partial charge in [-0.25, -0.2) is 0 Å². The van der Waals surface area contributed by atoms with Gasteiger partial charge in [-0.2, -0.15) is 0 Å². The van der Waals surface area contributed by atoms with E-state index in [2.05, 4.69) is 76.7 Å². The Morgan fingerprint density at radius 3 is 2.69 bits per heavy atom. The van der Waals surface area contributed by atoms with Crippen LogP contribution in [0.25, 0.3) is 0 Å². The van der Waals surface area contributed by atoms with E-state index in [1.165, 1.54) is 11.1 Å². The summed E-state index contributed by atoms with van der Waals surface area (Å²) in [6.45, 7) is 9.58. The maximum absolute atomic E-state index is 13.0. The molecule has 2 aliphatic rings. The number of furan rings is 1. The van der Waals surface area contributed by atoms with Crippen LogP contribution in [-0.4, -0.2) is 48.4 Å². The summed E-state index contributed by atoms with van der Waals surface area (Å²) < 4.78 is 5.69. The second-order valence-electron chi connectivity index (χ2n) is 9.56. The molecule has 3 aromatic rings. The van der Waals surface area contributed by atoms with Crippen molar-refractivity contribution in [3.05, 3.63) is 89.4 Å². The predicted octanol–water partition coefficient (Wildman–Crippen LogP) is 5.08. The molecule has 5 rings (SSSR count). The summed E-state index contributed by atoms with van der Waals surface area (Å²) in [5.74, 6) is 1.39. The highest BCUT2D eigenvalue weighted by Gasteiger charge is 2.44. The third-order valence-electron chi connectivity index (χ3n) is 7.63. The second kappa shape index (κ2) is 10.7. The van der Waals surface area contributed by atoms with E-state index in [0.29, 0.717) is 12.5 Å². The molecule has 1 aromatic heterocycles. The first kappa shape index (κ1) is 23.6. The molecule has 2 N–H and O–H groups in total. The molecule has 1 saturated heterocycles. The van der Waals surface area contributed by atoms with Crippen molar-refractivity contribution in [3.63, 3.8) is 0 Å². The van der Waals surface area contributed by atoms with Gasteiger partial charge in [0, 0.05) is 36.3 Å². The third kappa shape index (κ3) is 5.00. The number of amides is 1. The minimum Gasteiger partial charge on any atom is -0.468 e. The Morgan fingerprint density at radius 2 is 1.94 bits per heavy atom. The Hall–Kier alpha value is -3.09. The molecule has 184 valence electrons. The van der Waals surface area contributed by atoms with Crippen LogP contribution in [0.1, 0.15) is 59.6 Å². The number of carbonyl (C=O) groups is 1. The van der Waals surface area contributed by atoms with Crippen molar-refractivity contribution in [2.24, 2.45) is 5.92 Å². The second-order valence-corrected chi connectivity index (χ2v) is 9.56. The molecule has 3 atom stereocenters. The Labute approximate surface area is 208 Å². The monoisotopic (exact) mass is 472 g/mol. The predicted molar refractivity (Wildman–Crippen MR) is 139 cm³/mol. The Morgan fingerprint density at radius 1 is 1.11 bits per heavy atom. The molecular formula is C29H36N4O2. The molecule has 2 aromatic carbocycles. The molecule has 1 fully saturated rings. The lowest BCUT2D eigenvalue weighted by Gasteiger charge is -2.40.